The van der Waals surface area contributed by atoms with E-state index in [1.165, 1.54) is 11.7 Å². The molecule has 0 spiro atoms. The van der Waals surface area contributed by atoms with E-state index < -0.39 is 41.6 Å². The number of alkyl halides is 3. The topological polar surface area (TPSA) is 93.3 Å². The smallest absolute Gasteiger partial charge is 0.390 e. The van der Waals surface area contributed by atoms with Crippen molar-refractivity contribution in [2.75, 3.05) is 25.1 Å². The molecule has 170 valence electrons. The van der Waals surface area contributed by atoms with Gasteiger partial charge in [0.25, 0.3) is 5.56 Å². The molecule has 2 aromatic rings. The van der Waals surface area contributed by atoms with Gasteiger partial charge in [0.05, 0.1) is 24.7 Å². The lowest BCUT2D eigenvalue weighted by molar-refractivity contribution is -0.140. The molecular formula is C20H24F4N4O3. The van der Waals surface area contributed by atoms with Crippen LogP contribution in [-0.4, -0.2) is 42.0 Å². The second-order valence-electron chi connectivity index (χ2n) is 8.38. The van der Waals surface area contributed by atoms with E-state index in [2.05, 4.69) is 4.98 Å². The third-order valence-electron chi connectivity index (χ3n) is 6.22. The molecular weight excluding hydrogens is 420 g/mol. The molecule has 7 nitrogen and oxygen atoms in total. The minimum atomic E-state index is -4.37. The van der Waals surface area contributed by atoms with E-state index in [1.54, 1.807) is 11.8 Å². The summed E-state index contributed by atoms with van der Waals surface area (Å²) in [5.41, 5.74) is 5.28. The Morgan fingerprint density at radius 2 is 1.94 bits per heavy atom. The van der Waals surface area contributed by atoms with Crippen LogP contribution in [0.5, 0.6) is 5.75 Å². The van der Waals surface area contributed by atoms with Crippen LogP contribution in [0.25, 0.3) is 10.9 Å². The minimum Gasteiger partial charge on any atom is -0.493 e. The van der Waals surface area contributed by atoms with E-state index >= 15 is 4.39 Å². The number of methoxy groups -OCH3 is 1. The first-order chi connectivity index (χ1) is 14.5. The Balaban J connectivity index is 1.83. The van der Waals surface area contributed by atoms with Crippen molar-refractivity contribution in [2.24, 2.45) is 11.7 Å². The SMILES string of the molecule is COc1c(F)c(N2CCC(C(N)CC(F)(F)F)C2)c(C)c2c1c(=O)[nH]c(=O)n2C1CC1. The van der Waals surface area contributed by atoms with Gasteiger partial charge < -0.3 is 15.4 Å². The predicted octanol–water partition coefficient (Wildman–Crippen LogP) is 2.59. The lowest BCUT2D eigenvalue weighted by Crippen LogP contribution is -2.37. The molecule has 1 aromatic carbocycles. The molecule has 0 radical (unpaired) electrons. The zero-order valence-corrected chi connectivity index (χ0v) is 17.2. The second-order valence-corrected chi connectivity index (χ2v) is 8.38. The number of ether oxygens (including phenoxy) is 1. The third kappa shape index (κ3) is 3.79. The Bertz CT molecular complexity index is 1140. The number of anilines is 1. The van der Waals surface area contributed by atoms with Crippen LogP contribution in [0.1, 0.15) is 37.3 Å². The molecule has 0 bridgehead atoms. The van der Waals surface area contributed by atoms with Crippen LogP contribution in [0.3, 0.4) is 0 Å². The van der Waals surface area contributed by atoms with Crippen molar-refractivity contribution in [1.82, 2.24) is 9.55 Å². The van der Waals surface area contributed by atoms with Gasteiger partial charge in [-0.05, 0) is 32.1 Å². The number of nitrogens with one attached hydrogen (secondary N) is 1. The van der Waals surface area contributed by atoms with Crippen molar-refractivity contribution in [2.45, 2.75) is 50.9 Å². The van der Waals surface area contributed by atoms with Crippen molar-refractivity contribution in [3.63, 3.8) is 0 Å². The molecule has 1 aromatic heterocycles. The summed E-state index contributed by atoms with van der Waals surface area (Å²) < 4.78 is 60.4. The van der Waals surface area contributed by atoms with Gasteiger partial charge in [0.2, 0.25) is 0 Å². The number of rotatable bonds is 5. The summed E-state index contributed by atoms with van der Waals surface area (Å²) in [5, 5.41) is -0.0442. The highest BCUT2D eigenvalue weighted by Gasteiger charge is 2.38. The Hall–Kier alpha value is -2.56. The molecule has 2 heterocycles. The number of hydrogen-bond acceptors (Lipinski definition) is 5. The fourth-order valence-corrected chi connectivity index (χ4v) is 4.64. The Morgan fingerprint density at radius 1 is 1.26 bits per heavy atom. The summed E-state index contributed by atoms with van der Waals surface area (Å²) in [6, 6.07) is -1.19. The number of halogens is 4. The molecule has 2 fully saturated rings. The molecule has 1 saturated carbocycles. The van der Waals surface area contributed by atoms with Gasteiger partial charge in [0.1, 0.15) is 5.39 Å². The number of hydrogen-bond donors (Lipinski definition) is 2. The van der Waals surface area contributed by atoms with Crippen molar-refractivity contribution in [3.05, 3.63) is 32.2 Å². The number of aromatic nitrogens is 2. The Morgan fingerprint density at radius 3 is 2.52 bits per heavy atom. The first kappa shape index (κ1) is 21.7. The number of benzene rings is 1. The number of nitrogens with two attached hydrogens (primary N) is 1. The van der Waals surface area contributed by atoms with Gasteiger partial charge in [-0.2, -0.15) is 13.2 Å². The summed E-state index contributed by atoms with van der Waals surface area (Å²) in [6.45, 7) is 2.06. The lowest BCUT2D eigenvalue weighted by atomic mass is 9.97. The van der Waals surface area contributed by atoms with Crippen LogP contribution in [0, 0.1) is 18.7 Å². The van der Waals surface area contributed by atoms with Crippen molar-refractivity contribution >= 4 is 16.6 Å². The maximum atomic E-state index is 15.5. The standard InChI is InChI=1S/C20H24F4N4O3/c1-9-15-13(18(29)26-19(30)28(15)11-3-4-11)17(31-2)14(21)16(9)27-6-5-10(8-27)12(25)7-20(22,23)24/h10-12H,3-8,25H2,1-2H3,(H,26,29,30). The average molecular weight is 444 g/mol. The zero-order valence-electron chi connectivity index (χ0n) is 17.2. The average Bonchev–Trinajstić information content (AvgIpc) is 3.37. The van der Waals surface area contributed by atoms with Crippen molar-refractivity contribution in [3.8, 4) is 5.75 Å². The van der Waals surface area contributed by atoms with Gasteiger partial charge in [-0.1, -0.05) is 0 Å². The van der Waals surface area contributed by atoms with E-state index in [4.69, 9.17) is 10.5 Å². The molecule has 1 aliphatic carbocycles. The molecule has 2 aliphatic rings. The summed E-state index contributed by atoms with van der Waals surface area (Å²) >= 11 is 0. The predicted molar refractivity (Wildman–Crippen MR) is 107 cm³/mol. The van der Waals surface area contributed by atoms with Gasteiger partial charge in [-0.15, -0.1) is 0 Å². The molecule has 0 amide bonds. The maximum absolute atomic E-state index is 15.5. The Kier molecular flexibility index (Phi) is 5.27. The molecule has 2 atom stereocenters. The fraction of sp³-hybridized carbons (Fsp3) is 0.600. The number of aromatic amines is 1. The van der Waals surface area contributed by atoms with Crippen LogP contribution in [-0.2, 0) is 0 Å². The number of nitrogens with zero attached hydrogens (tertiary/aromatic N) is 2. The summed E-state index contributed by atoms with van der Waals surface area (Å²) in [6.07, 6.45) is -3.59. The summed E-state index contributed by atoms with van der Waals surface area (Å²) in [5.74, 6) is -1.52. The van der Waals surface area contributed by atoms with Crippen molar-refractivity contribution in [1.29, 1.82) is 0 Å². The van der Waals surface area contributed by atoms with Gasteiger partial charge in [-0.25, -0.2) is 9.18 Å². The number of fused-ring (bicyclic) bond motifs is 1. The zero-order chi connectivity index (χ0) is 22.7. The Labute approximate surface area is 174 Å². The molecule has 1 aliphatic heterocycles. The van der Waals surface area contributed by atoms with Crippen LogP contribution in [0.4, 0.5) is 23.2 Å². The van der Waals surface area contributed by atoms with E-state index in [9.17, 15) is 22.8 Å². The number of aryl methyl sites for hydroxylation is 1. The number of H-pyrrole nitrogens is 1. The first-order valence-corrected chi connectivity index (χ1v) is 10.1. The van der Waals surface area contributed by atoms with E-state index in [0.717, 1.165) is 12.8 Å². The lowest BCUT2D eigenvalue weighted by Gasteiger charge is -2.26. The molecule has 1 saturated heterocycles. The third-order valence-corrected chi connectivity index (χ3v) is 6.22. The van der Waals surface area contributed by atoms with Crippen LogP contribution < -0.4 is 26.6 Å². The van der Waals surface area contributed by atoms with Gasteiger partial charge in [0, 0.05) is 30.7 Å². The van der Waals surface area contributed by atoms with Crippen LogP contribution >= 0.6 is 0 Å². The molecule has 3 N–H and O–H groups in total. The van der Waals surface area contributed by atoms with Gasteiger partial charge in [-0.3, -0.25) is 14.3 Å². The van der Waals surface area contributed by atoms with E-state index in [0.29, 0.717) is 24.0 Å². The highest BCUT2D eigenvalue weighted by atomic mass is 19.4. The largest absolute Gasteiger partial charge is 0.493 e. The maximum Gasteiger partial charge on any atom is 0.390 e. The monoisotopic (exact) mass is 444 g/mol. The molecule has 4 rings (SSSR count). The van der Waals surface area contributed by atoms with E-state index in [1.807, 2.05) is 0 Å². The highest BCUT2D eigenvalue weighted by molar-refractivity contribution is 5.93. The van der Waals surface area contributed by atoms with E-state index in [-0.39, 0.29) is 29.4 Å². The molecule has 2 unspecified atom stereocenters. The summed E-state index contributed by atoms with van der Waals surface area (Å²) in [7, 11) is 1.23. The minimum absolute atomic E-state index is 0.0442. The van der Waals surface area contributed by atoms with Crippen LogP contribution in [0.2, 0.25) is 0 Å². The molecule has 31 heavy (non-hydrogen) atoms. The second kappa shape index (κ2) is 7.54. The first-order valence-electron chi connectivity index (χ1n) is 10.1. The normalized spacial score (nSPS) is 20.5. The van der Waals surface area contributed by atoms with Gasteiger partial charge in [0.15, 0.2) is 11.6 Å². The summed E-state index contributed by atoms with van der Waals surface area (Å²) in [4.78, 5) is 28.9. The quantitative estimate of drug-likeness (QED) is 0.692. The van der Waals surface area contributed by atoms with Crippen molar-refractivity contribution < 1.29 is 22.3 Å². The van der Waals surface area contributed by atoms with Gasteiger partial charge >= 0.3 is 11.9 Å². The molecule has 11 heteroatoms. The van der Waals surface area contributed by atoms with Crippen LogP contribution in [0.15, 0.2) is 9.59 Å². The fourth-order valence-electron chi connectivity index (χ4n) is 4.64. The highest BCUT2D eigenvalue weighted by Crippen LogP contribution is 2.43.